The Hall–Kier alpha value is -3.12. The third-order valence-electron chi connectivity index (χ3n) is 4.56. The molecule has 0 bridgehead atoms. The molecule has 0 saturated heterocycles. The fraction of sp³-hybridized carbons (Fsp3) is 0.111. The molecule has 27 heavy (non-hydrogen) atoms. The summed E-state index contributed by atoms with van der Waals surface area (Å²) in [6, 6.07) is 36.3. The molecule has 0 unspecified atom stereocenters. The fourth-order valence-electron chi connectivity index (χ4n) is 2.95. The van der Waals surface area contributed by atoms with Crippen LogP contribution in [0.4, 0.5) is 0 Å². The predicted molar refractivity (Wildman–Crippen MR) is 118 cm³/mol. The smallest absolute Gasteiger partial charge is 0.0181 e. The summed E-state index contributed by atoms with van der Waals surface area (Å²) < 4.78 is 0. The molecule has 0 aliphatic heterocycles. The van der Waals surface area contributed by atoms with E-state index in [-0.39, 0.29) is 0 Å². The largest absolute Gasteiger partial charge is 0.0622 e. The molecule has 0 aliphatic carbocycles. The zero-order valence-corrected chi connectivity index (χ0v) is 16.3. The van der Waals surface area contributed by atoms with Gasteiger partial charge in [0.2, 0.25) is 0 Å². The first-order valence-corrected chi connectivity index (χ1v) is 9.37. The zero-order chi connectivity index (χ0) is 19.1. The lowest BCUT2D eigenvalue weighted by Crippen LogP contribution is -1.79. The quantitative estimate of drug-likeness (QED) is 0.348. The Morgan fingerprint density at radius 2 is 0.778 bits per heavy atom. The fourth-order valence-corrected chi connectivity index (χ4v) is 2.95. The SMILES string of the molecule is Cc1ccc(-c2cccc(C)c2)cc1.Cc1ccc(-c2ccccc2)cc1. The molecular formula is C27H26. The number of benzene rings is 4. The summed E-state index contributed by atoms with van der Waals surface area (Å²) in [5.41, 5.74) is 9.07. The van der Waals surface area contributed by atoms with Gasteiger partial charge < -0.3 is 0 Å². The van der Waals surface area contributed by atoms with Crippen molar-refractivity contribution in [3.05, 3.63) is 120 Å². The molecule has 4 aromatic rings. The van der Waals surface area contributed by atoms with Crippen molar-refractivity contribution in [1.29, 1.82) is 0 Å². The highest BCUT2D eigenvalue weighted by Gasteiger charge is 1.96. The lowest BCUT2D eigenvalue weighted by molar-refractivity contribution is 1.44. The Labute approximate surface area is 163 Å². The maximum Gasteiger partial charge on any atom is -0.0181 e. The van der Waals surface area contributed by atoms with Crippen LogP contribution in [0, 0.1) is 20.8 Å². The minimum absolute atomic E-state index is 1.28. The second-order valence-electron chi connectivity index (χ2n) is 6.97. The molecule has 4 rings (SSSR count). The van der Waals surface area contributed by atoms with Crippen LogP contribution in [-0.2, 0) is 0 Å². The molecule has 0 atom stereocenters. The van der Waals surface area contributed by atoms with Crippen LogP contribution in [0.25, 0.3) is 22.3 Å². The second-order valence-corrected chi connectivity index (χ2v) is 6.97. The third kappa shape index (κ3) is 5.43. The van der Waals surface area contributed by atoms with Gasteiger partial charge in [0.15, 0.2) is 0 Å². The van der Waals surface area contributed by atoms with Crippen molar-refractivity contribution < 1.29 is 0 Å². The molecule has 0 fully saturated rings. The van der Waals surface area contributed by atoms with E-state index in [2.05, 4.69) is 118 Å². The van der Waals surface area contributed by atoms with Crippen molar-refractivity contribution in [1.82, 2.24) is 0 Å². The van der Waals surface area contributed by atoms with Crippen LogP contribution in [-0.4, -0.2) is 0 Å². The highest BCUT2D eigenvalue weighted by Crippen LogP contribution is 2.20. The van der Waals surface area contributed by atoms with E-state index in [1.165, 1.54) is 38.9 Å². The average Bonchev–Trinajstić information content (AvgIpc) is 2.70. The van der Waals surface area contributed by atoms with Crippen molar-refractivity contribution in [2.75, 3.05) is 0 Å². The van der Waals surface area contributed by atoms with Gasteiger partial charge >= 0.3 is 0 Å². The third-order valence-corrected chi connectivity index (χ3v) is 4.56. The van der Waals surface area contributed by atoms with Crippen molar-refractivity contribution in [3.8, 4) is 22.3 Å². The van der Waals surface area contributed by atoms with E-state index in [9.17, 15) is 0 Å². The van der Waals surface area contributed by atoms with Crippen LogP contribution >= 0.6 is 0 Å². The summed E-state index contributed by atoms with van der Waals surface area (Å²) in [4.78, 5) is 0. The Kier molecular flexibility index (Phi) is 6.22. The number of hydrogen-bond acceptors (Lipinski definition) is 0. The van der Waals surface area contributed by atoms with E-state index >= 15 is 0 Å². The topological polar surface area (TPSA) is 0 Å². The standard InChI is InChI=1S/C14H14.C13H12/c1-11-6-8-13(9-7-11)14-5-3-4-12(2)10-14;1-11-7-9-13(10-8-11)12-5-3-2-4-6-12/h3-10H,1-2H3;2-10H,1H3. The van der Waals surface area contributed by atoms with Gasteiger partial charge in [-0.3, -0.25) is 0 Å². The molecule has 0 nitrogen and oxygen atoms in total. The van der Waals surface area contributed by atoms with Crippen LogP contribution in [0.15, 0.2) is 103 Å². The van der Waals surface area contributed by atoms with Gasteiger partial charge in [0.05, 0.1) is 0 Å². The summed E-state index contributed by atoms with van der Waals surface area (Å²) >= 11 is 0. The average molecular weight is 351 g/mol. The van der Waals surface area contributed by atoms with Crippen LogP contribution in [0.1, 0.15) is 16.7 Å². The molecule has 0 heteroatoms. The predicted octanol–water partition coefficient (Wildman–Crippen LogP) is 7.63. The maximum atomic E-state index is 2.21. The molecule has 0 N–H and O–H groups in total. The van der Waals surface area contributed by atoms with Gasteiger partial charge in [-0.1, -0.05) is 120 Å². The molecule has 0 heterocycles. The van der Waals surface area contributed by atoms with E-state index in [0.717, 1.165) is 0 Å². The highest BCUT2D eigenvalue weighted by molar-refractivity contribution is 5.64. The first kappa shape index (κ1) is 18.7. The Morgan fingerprint density at radius 1 is 0.333 bits per heavy atom. The zero-order valence-electron chi connectivity index (χ0n) is 16.3. The number of hydrogen-bond donors (Lipinski definition) is 0. The Bertz CT molecular complexity index is 962. The summed E-state index contributed by atoms with van der Waals surface area (Å²) in [5, 5.41) is 0. The lowest BCUT2D eigenvalue weighted by atomic mass is 10.0. The molecule has 134 valence electrons. The molecule has 0 aliphatic rings. The van der Waals surface area contributed by atoms with Crippen molar-refractivity contribution in [2.45, 2.75) is 20.8 Å². The number of rotatable bonds is 2. The van der Waals surface area contributed by atoms with Crippen molar-refractivity contribution >= 4 is 0 Å². The van der Waals surface area contributed by atoms with Crippen molar-refractivity contribution in [3.63, 3.8) is 0 Å². The van der Waals surface area contributed by atoms with Crippen LogP contribution in [0.3, 0.4) is 0 Å². The van der Waals surface area contributed by atoms with Crippen LogP contribution in [0.2, 0.25) is 0 Å². The van der Waals surface area contributed by atoms with Gasteiger partial charge in [0.25, 0.3) is 0 Å². The monoisotopic (exact) mass is 350 g/mol. The van der Waals surface area contributed by atoms with Gasteiger partial charge in [-0.25, -0.2) is 0 Å². The van der Waals surface area contributed by atoms with E-state index in [1.807, 2.05) is 6.07 Å². The van der Waals surface area contributed by atoms with Gasteiger partial charge in [-0.05, 0) is 43.0 Å². The minimum atomic E-state index is 1.28. The molecule has 0 saturated carbocycles. The van der Waals surface area contributed by atoms with Gasteiger partial charge in [-0.15, -0.1) is 0 Å². The van der Waals surface area contributed by atoms with Crippen LogP contribution < -0.4 is 0 Å². The first-order valence-electron chi connectivity index (χ1n) is 9.37. The molecule has 4 aromatic carbocycles. The normalized spacial score (nSPS) is 10.0. The molecule has 0 radical (unpaired) electrons. The van der Waals surface area contributed by atoms with E-state index < -0.39 is 0 Å². The molecule has 0 amide bonds. The number of aryl methyl sites for hydroxylation is 3. The van der Waals surface area contributed by atoms with Crippen molar-refractivity contribution in [2.24, 2.45) is 0 Å². The first-order chi connectivity index (χ1) is 13.1. The van der Waals surface area contributed by atoms with Gasteiger partial charge in [-0.2, -0.15) is 0 Å². The molecule has 0 spiro atoms. The molecular weight excluding hydrogens is 324 g/mol. The minimum Gasteiger partial charge on any atom is -0.0622 e. The van der Waals surface area contributed by atoms with E-state index in [0.29, 0.717) is 0 Å². The Morgan fingerprint density at radius 3 is 1.30 bits per heavy atom. The summed E-state index contributed by atoms with van der Waals surface area (Å²) in [5.74, 6) is 0. The highest BCUT2D eigenvalue weighted by atomic mass is 14.0. The van der Waals surface area contributed by atoms with E-state index in [1.54, 1.807) is 0 Å². The lowest BCUT2D eigenvalue weighted by Gasteiger charge is -2.02. The second kappa shape index (κ2) is 9.00. The van der Waals surface area contributed by atoms with Gasteiger partial charge in [0, 0.05) is 0 Å². The summed E-state index contributed by atoms with van der Waals surface area (Å²) in [6.07, 6.45) is 0. The van der Waals surface area contributed by atoms with Crippen LogP contribution in [0.5, 0.6) is 0 Å². The summed E-state index contributed by atoms with van der Waals surface area (Å²) in [6.45, 7) is 6.34. The maximum absolute atomic E-state index is 2.21. The molecule has 0 aromatic heterocycles. The summed E-state index contributed by atoms with van der Waals surface area (Å²) in [7, 11) is 0. The van der Waals surface area contributed by atoms with Gasteiger partial charge in [0.1, 0.15) is 0 Å². The Balaban J connectivity index is 0.000000156. The van der Waals surface area contributed by atoms with E-state index in [4.69, 9.17) is 0 Å².